The standard InChI is InChI=1S/C18H24N6O/c1-13-5-3-7-18-21-16(11-24(13)18)9-19-15-6-4-8-23(10-15)12-17-20-14(2)25-22-17/h3,5,7,11,15,19H,4,6,8-10,12H2,1-2H3. The fourth-order valence-corrected chi connectivity index (χ4v) is 3.50. The van der Waals surface area contributed by atoms with Crippen LogP contribution in [-0.4, -0.2) is 43.6 Å². The zero-order valence-electron chi connectivity index (χ0n) is 14.8. The van der Waals surface area contributed by atoms with Gasteiger partial charge in [-0.15, -0.1) is 0 Å². The van der Waals surface area contributed by atoms with Crippen LogP contribution >= 0.6 is 0 Å². The topological polar surface area (TPSA) is 71.5 Å². The van der Waals surface area contributed by atoms with E-state index in [2.05, 4.69) is 43.9 Å². The van der Waals surface area contributed by atoms with Crippen molar-refractivity contribution >= 4 is 5.65 Å². The van der Waals surface area contributed by atoms with Crippen LogP contribution in [0.1, 0.15) is 35.9 Å². The minimum atomic E-state index is 0.465. The van der Waals surface area contributed by atoms with Gasteiger partial charge in [0.15, 0.2) is 5.82 Å². The second-order valence-electron chi connectivity index (χ2n) is 6.81. The number of hydrogen-bond acceptors (Lipinski definition) is 6. The van der Waals surface area contributed by atoms with Crippen LogP contribution in [0.4, 0.5) is 0 Å². The van der Waals surface area contributed by atoms with E-state index < -0.39 is 0 Å². The molecule has 1 aliphatic rings. The number of likely N-dealkylation sites (tertiary alicyclic amines) is 1. The second-order valence-corrected chi connectivity index (χ2v) is 6.81. The first-order valence-corrected chi connectivity index (χ1v) is 8.86. The number of pyridine rings is 1. The minimum Gasteiger partial charge on any atom is -0.340 e. The van der Waals surface area contributed by atoms with Crippen molar-refractivity contribution in [3.63, 3.8) is 0 Å². The van der Waals surface area contributed by atoms with Gasteiger partial charge in [0, 0.05) is 37.9 Å². The zero-order chi connectivity index (χ0) is 17.2. The van der Waals surface area contributed by atoms with Gasteiger partial charge in [0.2, 0.25) is 5.89 Å². The highest BCUT2D eigenvalue weighted by Crippen LogP contribution is 2.14. The summed E-state index contributed by atoms with van der Waals surface area (Å²) < 4.78 is 7.20. The van der Waals surface area contributed by atoms with Crippen molar-refractivity contribution in [3.05, 3.63) is 47.5 Å². The number of aromatic nitrogens is 4. The van der Waals surface area contributed by atoms with E-state index in [1.165, 1.54) is 18.5 Å². The van der Waals surface area contributed by atoms with E-state index in [0.29, 0.717) is 11.9 Å². The number of rotatable bonds is 5. The van der Waals surface area contributed by atoms with Gasteiger partial charge in [-0.05, 0) is 38.4 Å². The van der Waals surface area contributed by atoms with Crippen molar-refractivity contribution in [2.45, 2.75) is 45.8 Å². The third-order valence-corrected chi connectivity index (χ3v) is 4.76. The van der Waals surface area contributed by atoms with Gasteiger partial charge in [-0.2, -0.15) is 4.98 Å². The van der Waals surface area contributed by atoms with Crippen LogP contribution in [0.25, 0.3) is 5.65 Å². The Bertz CT molecular complexity index is 854. The monoisotopic (exact) mass is 340 g/mol. The van der Waals surface area contributed by atoms with Crippen molar-refractivity contribution < 1.29 is 4.52 Å². The molecule has 0 radical (unpaired) electrons. The molecule has 1 aliphatic heterocycles. The molecule has 3 aromatic rings. The summed E-state index contributed by atoms with van der Waals surface area (Å²) in [6.07, 6.45) is 4.49. The average Bonchev–Trinajstić information content (AvgIpc) is 3.20. The maximum Gasteiger partial charge on any atom is 0.223 e. The van der Waals surface area contributed by atoms with E-state index in [-0.39, 0.29) is 0 Å². The molecule has 1 fully saturated rings. The average molecular weight is 340 g/mol. The van der Waals surface area contributed by atoms with Gasteiger partial charge >= 0.3 is 0 Å². The molecule has 0 spiro atoms. The molecule has 4 rings (SSSR count). The van der Waals surface area contributed by atoms with Crippen molar-refractivity contribution in [3.8, 4) is 0 Å². The van der Waals surface area contributed by atoms with Crippen LogP contribution in [0.15, 0.2) is 28.9 Å². The van der Waals surface area contributed by atoms with E-state index in [1.807, 2.05) is 19.1 Å². The van der Waals surface area contributed by atoms with Gasteiger partial charge in [0.25, 0.3) is 0 Å². The summed E-state index contributed by atoms with van der Waals surface area (Å²) in [5.74, 6) is 1.40. The van der Waals surface area contributed by atoms with Crippen LogP contribution in [0.5, 0.6) is 0 Å². The van der Waals surface area contributed by atoms with E-state index in [1.54, 1.807) is 0 Å². The van der Waals surface area contributed by atoms with E-state index >= 15 is 0 Å². The lowest BCUT2D eigenvalue weighted by Crippen LogP contribution is -2.45. The van der Waals surface area contributed by atoms with Crippen molar-refractivity contribution in [2.75, 3.05) is 13.1 Å². The van der Waals surface area contributed by atoms with Gasteiger partial charge in [-0.1, -0.05) is 11.2 Å². The van der Waals surface area contributed by atoms with E-state index in [9.17, 15) is 0 Å². The summed E-state index contributed by atoms with van der Waals surface area (Å²) in [5, 5.41) is 7.66. The van der Waals surface area contributed by atoms with Crippen LogP contribution in [0, 0.1) is 13.8 Å². The smallest absolute Gasteiger partial charge is 0.223 e. The number of piperidine rings is 1. The maximum atomic E-state index is 5.06. The maximum absolute atomic E-state index is 5.06. The summed E-state index contributed by atoms with van der Waals surface area (Å²) in [5.41, 5.74) is 3.30. The lowest BCUT2D eigenvalue weighted by Gasteiger charge is -2.32. The van der Waals surface area contributed by atoms with E-state index in [0.717, 1.165) is 43.3 Å². The van der Waals surface area contributed by atoms with Gasteiger partial charge in [0.05, 0.1) is 12.2 Å². The first-order chi connectivity index (χ1) is 12.2. The highest BCUT2D eigenvalue weighted by Gasteiger charge is 2.21. The highest BCUT2D eigenvalue weighted by atomic mass is 16.5. The minimum absolute atomic E-state index is 0.465. The molecule has 1 unspecified atom stereocenters. The Morgan fingerprint density at radius 3 is 3.00 bits per heavy atom. The van der Waals surface area contributed by atoms with Crippen molar-refractivity contribution in [2.24, 2.45) is 0 Å². The Labute approximate surface area is 147 Å². The fraction of sp³-hybridized carbons (Fsp3) is 0.500. The molecule has 0 saturated carbocycles. The summed E-state index contributed by atoms with van der Waals surface area (Å²) in [6, 6.07) is 6.66. The number of hydrogen-bond donors (Lipinski definition) is 1. The van der Waals surface area contributed by atoms with Gasteiger partial charge in [0.1, 0.15) is 5.65 Å². The first-order valence-electron chi connectivity index (χ1n) is 8.86. The summed E-state index contributed by atoms with van der Waals surface area (Å²) in [4.78, 5) is 11.4. The zero-order valence-corrected chi connectivity index (χ0v) is 14.8. The molecule has 132 valence electrons. The third kappa shape index (κ3) is 3.72. The SMILES string of the molecule is Cc1nc(CN2CCCC(NCc3cn4c(C)cccc4n3)C2)no1. The van der Waals surface area contributed by atoms with Crippen molar-refractivity contribution in [1.82, 2.24) is 29.7 Å². The number of fused-ring (bicyclic) bond motifs is 1. The summed E-state index contributed by atoms with van der Waals surface area (Å²) in [6.45, 7) is 7.56. The molecule has 0 bridgehead atoms. The third-order valence-electron chi connectivity index (χ3n) is 4.76. The normalized spacial score (nSPS) is 18.9. The number of nitrogens with zero attached hydrogens (tertiary/aromatic N) is 5. The Morgan fingerprint density at radius 1 is 1.28 bits per heavy atom. The molecule has 4 heterocycles. The van der Waals surface area contributed by atoms with Crippen LogP contribution in [0.3, 0.4) is 0 Å². The molecule has 1 N–H and O–H groups in total. The highest BCUT2D eigenvalue weighted by molar-refractivity contribution is 5.41. The Morgan fingerprint density at radius 2 is 2.20 bits per heavy atom. The second kappa shape index (κ2) is 6.93. The summed E-state index contributed by atoms with van der Waals surface area (Å²) in [7, 11) is 0. The van der Waals surface area contributed by atoms with Crippen LogP contribution in [0.2, 0.25) is 0 Å². The molecule has 3 aromatic heterocycles. The molecule has 0 aromatic carbocycles. The quantitative estimate of drug-likeness (QED) is 0.767. The Hall–Kier alpha value is -2.25. The molecule has 0 amide bonds. The number of aryl methyl sites for hydroxylation is 2. The van der Waals surface area contributed by atoms with Gasteiger partial charge in [-0.25, -0.2) is 4.98 Å². The number of nitrogens with one attached hydrogen (secondary N) is 1. The molecule has 7 nitrogen and oxygen atoms in total. The molecule has 0 aliphatic carbocycles. The van der Waals surface area contributed by atoms with Gasteiger partial charge in [-0.3, -0.25) is 4.90 Å². The predicted octanol–water partition coefficient (Wildman–Crippen LogP) is 2.09. The van der Waals surface area contributed by atoms with Gasteiger partial charge < -0.3 is 14.2 Å². The predicted molar refractivity (Wildman–Crippen MR) is 94.1 cm³/mol. The van der Waals surface area contributed by atoms with Crippen molar-refractivity contribution in [1.29, 1.82) is 0 Å². The largest absolute Gasteiger partial charge is 0.340 e. The molecule has 1 saturated heterocycles. The van der Waals surface area contributed by atoms with Crippen LogP contribution < -0.4 is 5.32 Å². The molecule has 7 heteroatoms. The Balaban J connectivity index is 1.34. The molecule has 1 atom stereocenters. The molecule has 25 heavy (non-hydrogen) atoms. The lowest BCUT2D eigenvalue weighted by molar-refractivity contribution is 0.177. The Kier molecular flexibility index (Phi) is 4.50. The first kappa shape index (κ1) is 16.2. The number of imidazole rings is 1. The summed E-state index contributed by atoms with van der Waals surface area (Å²) >= 11 is 0. The van der Waals surface area contributed by atoms with E-state index in [4.69, 9.17) is 9.51 Å². The fourth-order valence-electron chi connectivity index (χ4n) is 3.50. The molecular weight excluding hydrogens is 316 g/mol. The van der Waals surface area contributed by atoms with Crippen LogP contribution in [-0.2, 0) is 13.1 Å². The molecular formula is C18H24N6O. The lowest BCUT2D eigenvalue weighted by atomic mass is 10.1.